The summed E-state index contributed by atoms with van der Waals surface area (Å²) in [6.45, 7) is 3.01. The third kappa shape index (κ3) is 3.20. The van der Waals surface area contributed by atoms with Gasteiger partial charge in [-0.2, -0.15) is 0 Å². The van der Waals surface area contributed by atoms with Crippen molar-refractivity contribution in [1.82, 2.24) is 4.90 Å². The fraction of sp³-hybridized carbons (Fsp3) is 0.818. The number of aliphatic hydroxyl groups excluding tert-OH is 1. The molecule has 5 heteroatoms. The molecule has 0 aromatic carbocycles. The molecule has 1 heterocycles. The predicted octanol–water partition coefficient (Wildman–Crippen LogP) is 0.328. The largest absolute Gasteiger partial charge is 0.481 e. The van der Waals surface area contributed by atoms with E-state index in [0.29, 0.717) is 19.5 Å². The Hall–Kier alpha value is -1.10. The van der Waals surface area contributed by atoms with Crippen LogP contribution < -0.4 is 0 Å². The average Bonchev–Trinajstić information content (AvgIpc) is 2.60. The molecule has 2 N–H and O–H groups in total. The van der Waals surface area contributed by atoms with Gasteiger partial charge < -0.3 is 15.1 Å². The number of rotatable bonds is 6. The SMILES string of the molecule is CCC(CCO)CN1CC(C(=O)O)CC1=O. The highest BCUT2D eigenvalue weighted by Gasteiger charge is 2.34. The number of hydrogen-bond acceptors (Lipinski definition) is 3. The summed E-state index contributed by atoms with van der Waals surface area (Å²) in [7, 11) is 0. The summed E-state index contributed by atoms with van der Waals surface area (Å²) in [6, 6.07) is 0. The normalized spacial score (nSPS) is 22.5. The molecule has 1 aliphatic heterocycles. The number of likely N-dealkylation sites (tertiary alicyclic amines) is 1. The van der Waals surface area contributed by atoms with Gasteiger partial charge in [-0.05, 0) is 12.3 Å². The van der Waals surface area contributed by atoms with E-state index in [4.69, 9.17) is 10.2 Å². The van der Waals surface area contributed by atoms with Crippen LogP contribution in [0, 0.1) is 11.8 Å². The van der Waals surface area contributed by atoms with Gasteiger partial charge in [0, 0.05) is 26.1 Å². The first kappa shape index (κ1) is 13.0. The van der Waals surface area contributed by atoms with Gasteiger partial charge in [0.25, 0.3) is 0 Å². The number of aliphatic hydroxyl groups is 1. The summed E-state index contributed by atoms with van der Waals surface area (Å²) >= 11 is 0. The molecule has 2 atom stereocenters. The van der Waals surface area contributed by atoms with E-state index in [-0.39, 0.29) is 24.9 Å². The predicted molar refractivity (Wildman–Crippen MR) is 57.8 cm³/mol. The van der Waals surface area contributed by atoms with Crippen molar-refractivity contribution in [3.63, 3.8) is 0 Å². The van der Waals surface area contributed by atoms with Crippen molar-refractivity contribution in [3.8, 4) is 0 Å². The van der Waals surface area contributed by atoms with Crippen LogP contribution >= 0.6 is 0 Å². The van der Waals surface area contributed by atoms with Gasteiger partial charge in [0.2, 0.25) is 5.91 Å². The number of nitrogens with zero attached hydrogens (tertiary/aromatic N) is 1. The van der Waals surface area contributed by atoms with Gasteiger partial charge in [-0.3, -0.25) is 9.59 Å². The van der Waals surface area contributed by atoms with E-state index in [1.54, 1.807) is 4.90 Å². The van der Waals surface area contributed by atoms with Crippen molar-refractivity contribution in [2.45, 2.75) is 26.2 Å². The van der Waals surface area contributed by atoms with Crippen molar-refractivity contribution in [2.24, 2.45) is 11.8 Å². The van der Waals surface area contributed by atoms with Crippen LogP contribution in [0.2, 0.25) is 0 Å². The molecule has 0 aliphatic carbocycles. The highest BCUT2D eigenvalue weighted by molar-refractivity contribution is 5.86. The molecule has 0 radical (unpaired) electrons. The van der Waals surface area contributed by atoms with Gasteiger partial charge in [-0.25, -0.2) is 0 Å². The Balaban J connectivity index is 2.48. The maximum atomic E-state index is 11.5. The lowest BCUT2D eigenvalue weighted by molar-refractivity contribution is -0.141. The zero-order valence-electron chi connectivity index (χ0n) is 9.56. The van der Waals surface area contributed by atoms with E-state index in [2.05, 4.69) is 0 Å². The monoisotopic (exact) mass is 229 g/mol. The molecule has 1 amide bonds. The van der Waals surface area contributed by atoms with Crippen LogP contribution in [0.4, 0.5) is 0 Å². The first-order valence-corrected chi connectivity index (χ1v) is 5.69. The lowest BCUT2D eigenvalue weighted by Gasteiger charge is -2.22. The minimum Gasteiger partial charge on any atom is -0.481 e. The fourth-order valence-electron chi connectivity index (χ4n) is 2.03. The van der Waals surface area contributed by atoms with Gasteiger partial charge in [-0.1, -0.05) is 13.3 Å². The smallest absolute Gasteiger partial charge is 0.308 e. The summed E-state index contributed by atoms with van der Waals surface area (Å²) < 4.78 is 0. The molecular formula is C11H19NO4. The zero-order chi connectivity index (χ0) is 12.1. The first-order valence-electron chi connectivity index (χ1n) is 5.69. The van der Waals surface area contributed by atoms with E-state index in [9.17, 15) is 9.59 Å². The third-order valence-electron chi connectivity index (χ3n) is 3.16. The van der Waals surface area contributed by atoms with Crippen LogP contribution in [-0.4, -0.2) is 46.7 Å². The molecule has 1 fully saturated rings. The summed E-state index contributed by atoms with van der Waals surface area (Å²) in [5, 5.41) is 17.7. The second-order valence-electron chi connectivity index (χ2n) is 4.32. The van der Waals surface area contributed by atoms with E-state index < -0.39 is 11.9 Å². The van der Waals surface area contributed by atoms with Crippen LogP contribution in [0.15, 0.2) is 0 Å². The van der Waals surface area contributed by atoms with Crippen molar-refractivity contribution in [2.75, 3.05) is 19.7 Å². The van der Waals surface area contributed by atoms with Crippen LogP contribution in [-0.2, 0) is 9.59 Å². The number of amides is 1. The summed E-state index contributed by atoms with van der Waals surface area (Å²) in [6.07, 6.45) is 1.67. The van der Waals surface area contributed by atoms with E-state index in [0.717, 1.165) is 6.42 Å². The topological polar surface area (TPSA) is 77.8 Å². The quantitative estimate of drug-likeness (QED) is 0.688. The van der Waals surface area contributed by atoms with Gasteiger partial charge in [-0.15, -0.1) is 0 Å². The van der Waals surface area contributed by atoms with Crippen molar-refractivity contribution in [1.29, 1.82) is 0 Å². The minimum absolute atomic E-state index is 0.0798. The lowest BCUT2D eigenvalue weighted by Crippen LogP contribution is -2.31. The molecule has 1 rings (SSSR count). The molecule has 0 aromatic rings. The van der Waals surface area contributed by atoms with Crippen LogP contribution in [0.5, 0.6) is 0 Å². The molecule has 0 bridgehead atoms. The van der Waals surface area contributed by atoms with Crippen molar-refractivity contribution < 1.29 is 19.8 Å². The Bertz CT molecular complexity index is 267. The molecule has 2 unspecified atom stereocenters. The van der Waals surface area contributed by atoms with Gasteiger partial charge >= 0.3 is 5.97 Å². The van der Waals surface area contributed by atoms with Gasteiger partial charge in [0.1, 0.15) is 0 Å². The van der Waals surface area contributed by atoms with Crippen LogP contribution in [0.1, 0.15) is 26.2 Å². The number of carboxylic acid groups (broad SMARTS) is 1. The number of hydrogen-bond donors (Lipinski definition) is 2. The molecular weight excluding hydrogens is 210 g/mol. The minimum atomic E-state index is -0.897. The van der Waals surface area contributed by atoms with Crippen molar-refractivity contribution >= 4 is 11.9 Å². The first-order chi connectivity index (χ1) is 7.58. The van der Waals surface area contributed by atoms with Crippen molar-refractivity contribution in [3.05, 3.63) is 0 Å². The number of carbonyl (C=O) groups is 2. The van der Waals surface area contributed by atoms with E-state index in [1.807, 2.05) is 6.92 Å². The molecule has 0 saturated carbocycles. The summed E-state index contributed by atoms with van der Waals surface area (Å²) in [5.41, 5.74) is 0. The Morgan fingerprint density at radius 3 is 2.75 bits per heavy atom. The van der Waals surface area contributed by atoms with E-state index >= 15 is 0 Å². The Kier molecular flexibility index (Phi) is 4.73. The Morgan fingerprint density at radius 1 is 1.62 bits per heavy atom. The highest BCUT2D eigenvalue weighted by Crippen LogP contribution is 2.21. The molecule has 92 valence electrons. The molecule has 0 spiro atoms. The second kappa shape index (κ2) is 5.84. The number of carbonyl (C=O) groups excluding carboxylic acids is 1. The maximum absolute atomic E-state index is 11.5. The molecule has 1 saturated heterocycles. The number of aliphatic carboxylic acids is 1. The zero-order valence-corrected chi connectivity index (χ0v) is 9.56. The highest BCUT2D eigenvalue weighted by atomic mass is 16.4. The lowest BCUT2D eigenvalue weighted by atomic mass is 10.0. The Labute approximate surface area is 95.1 Å². The number of carboxylic acids is 1. The summed E-state index contributed by atoms with van der Waals surface area (Å²) in [5.74, 6) is -1.27. The van der Waals surface area contributed by atoms with Crippen LogP contribution in [0.3, 0.4) is 0 Å². The third-order valence-corrected chi connectivity index (χ3v) is 3.16. The van der Waals surface area contributed by atoms with Gasteiger partial charge in [0.15, 0.2) is 0 Å². The maximum Gasteiger partial charge on any atom is 0.308 e. The summed E-state index contributed by atoms with van der Waals surface area (Å²) in [4.78, 5) is 23.9. The second-order valence-corrected chi connectivity index (χ2v) is 4.32. The molecule has 0 aromatic heterocycles. The molecule has 16 heavy (non-hydrogen) atoms. The van der Waals surface area contributed by atoms with E-state index in [1.165, 1.54) is 0 Å². The standard InChI is InChI=1S/C11H19NO4/c1-2-8(3-4-13)6-12-7-9(11(15)16)5-10(12)14/h8-9,13H,2-7H2,1H3,(H,15,16). The van der Waals surface area contributed by atoms with Crippen LogP contribution in [0.25, 0.3) is 0 Å². The average molecular weight is 229 g/mol. The fourth-order valence-corrected chi connectivity index (χ4v) is 2.03. The van der Waals surface area contributed by atoms with Gasteiger partial charge in [0.05, 0.1) is 5.92 Å². The molecule has 1 aliphatic rings. The Morgan fingerprint density at radius 2 is 2.31 bits per heavy atom. The molecule has 5 nitrogen and oxygen atoms in total.